The summed E-state index contributed by atoms with van der Waals surface area (Å²) in [5, 5.41) is 0. The molecule has 0 heterocycles. The molecule has 0 saturated heterocycles. The molecule has 0 bridgehead atoms. The Kier molecular flexibility index (Phi) is 2.31. The van der Waals surface area contributed by atoms with E-state index in [4.69, 9.17) is 5.73 Å². The van der Waals surface area contributed by atoms with Gasteiger partial charge >= 0.3 is 0 Å². The molecule has 1 aliphatic carbocycles. The van der Waals surface area contributed by atoms with Gasteiger partial charge < -0.3 is 5.73 Å². The molecule has 1 rings (SSSR count). The number of allylic oxidation sites excluding steroid dienone is 4. The Bertz CT molecular complexity index is 238. The van der Waals surface area contributed by atoms with E-state index in [1.54, 1.807) is 5.57 Å². The van der Waals surface area contributed by atoms with E-state index in [1.165, 1.54) is 5.57 Å². The molecule has 68 valence electrons. The summed E-state index contributed by atoms with van der Waals surface area (Å²) >= 11 is 0. The molecule has 12 heavy (non-hydrogen) atoms. The Morgan fingerprint density at radius 1 is 1.25 bits per heavy atom. The average molecular weight is 165 g/mol. The van der Waals surface area contributed by atoms with Gasteiger partial charge in [0.1, 0.15) is 0 Å². The van der Waals surface area contributed by atoms with Crippen molar-refractivity contribution in [2.45, 2.75) is 40.5 Å². The Hall–Kier alpha value is -0.720. The standard InChI is InChI=1S/C11H19N/c1-8-7-9(12)5-6-10(8)11(2,3)4/h7H,5-6,12H2,1-4H3. The fourth-order valence-corrected chi connectivity index (χ4v) is 1.87. The number of hydrogen-bond donors (Lipinski definition) is 1. The second-order valence-electron chi connectivity index (χ2n) is 4.63. The van der Waals surface area contributed by atoms with E-state index in [2.05, 4.69) is 33.8 Å². The van der Waals surface area contributed by atoms with Gasteiger partial charge in [0.25, 0.3) is 0 Å². The second-order valence-corrected chi connectivity index (χ2v) is 4.63. The lowest BCUT2D eigenvalue weighted by molar-refractivity contribution is 0.474. The van der Waals surface area contributed by atoms with Crippen LogP contribution < -0.4 is 5.73 Å². The number of nitrogens with two attached hydrogens (primary N) is 1. The van der Waals surface area contributed by atoms with Crippen LogP contribution in [-0.4, -0.2) is 0 Å². The third kappa shape index (κ3) is 1.90. The van der Waals surface area contributed by atoms with Crippen molar-refractivity contribution in [2.75, 3.05) is 0 Å². The molecule has 1 heteroatoms. The summed E-state index contributed by atoms with van der Waals surface area (Å²) in [5.41, 5.74) is 10.0. The van der Waals surface area contributed by atoms with Gasteiger partial charge in [0, 0.05) is 5.70 Å². The van der Waals surface area contributed by atoms with Gasteiger partial charge in [0.2, 0.25) is 0 Å². The molecule has 0 spiro atoms. The van der Waals surface area contributed by atoms with E-state index in [-0.39, 0.29) is 0 Å². The first-order valence-corrected chi connectivity index (χ1v) is 4.57. The molecule has 1 nitrogen and oxygen atoms in total. The third-order valence-corrected chi connectivity index (χ3v) is 2.45. The predicted octanol–water partition coefficient (Wildman–Crippen LogP) is 2.99. The van der Waals surface area contributed by atoms with Crippen LogP contribution in [0.25, 0.3) is 0 Å². The van der Waals surface area contributed by atoms with Crippen LogP contribution in [0.15, 0.2) is 22.9 Å². The van der Waals surface area contributed by atoms with Crippen LogP contribution in [0.2, 0.25) is 0 Å². The maximum Gasteiger partial charge on any atom is 0.00863 e. The fourth-order valence-electron chi connectivity index (χ4n) is 1.87. The lowest BCUT2D eigenvalue weighted by atomic mass is 9.78. The summed E-state index contributed by atoms with van der Waals surface area (Å²) in [6.45, 7) is 8.95. The Labute approximate surface area is 75.3 Å². The van der Waals surface area contributed by atoms with Gasteiger partial charge in [0.05, 0.1) is 0 Å². The topological polar surface area (TPSA) is 26.0 Å². The highest BCUT2D eigenvalue weighted by molar-refractivity contribution is 5.33. The van der Waals surface area contributed by atoms with Crippen LogP contribution in [-0.2, 0) is 0 Å². The smallest absolute Gasteiger partial charge is 0.00863 e. The summed E-state index contributed by atoms with van der Waals surface area (Å²) in [7, 11) is 0. The van der Waals surface area contributed by atoms with Crippen LogP contribution in [0.5, 0.6) is 0 Å². The quantitative estimate of drug-likeness (QED) is 0.586. The van der Waals surface area contributed by atoms with Crippen LogP contribution >= 0.6 is 0 Å². The third-order valence-electron chi connectivity index (χ3n) is 2.45. The molecular weight excluding hydrogens is 146 g/mol. The SMILES string of the molecule is CC1=C(C(C)(C)C)CCC(N)=C1. The molecule has 0 fully saturated rings. The molecule has 0 aliphatic heterocycles. The minimum atomic E-state index is 0.307. The van der Waals surface area contributed by atoms with Crippen molar-refractivity contribution in [3.8, 4) is 0 Å². The zero-order chi connectivity index (χ0) is 9.35. The summed E-state index contributed by atoms with van der Waals surface area (Å²) in [5.74, 6) is 0. The summed E-state index contributed by atoms with van der Waals surface area (Å²) in [4.78, 5) is 0. The van der Waals surface area contributed by atoms with Crippen molar-refractivity contribution in [1.29, 1.82) is 0 Å². The number of hydrogen-bond acceptors (Lipinski definition) is 1. The van der Waals surface area contributed by atoms with E-state index >= 15 is 0 Å². The maximum atomic E-state index is 5.76. The molecule has 1 aliphatic rings. The summed E-state index contributed by atoms with van der Waals surface area (Å²) in [6.07, 6.45) is 4.28. The molecule has 0 aromatic heterocycles. The molecule has 0 aromatic carbocycles. The molecule has 0 atom stereocenters. The minimum absolute atomic E-state index is 0.307. The van der Waals surface area contributed by atoms with Gasteiger partial charge in [-0.1, -0.05) is 26.3 Å². The highest BCUT2D eigenvalue weighted by Crippen LogP contribution is 2.35. The monoisotopic (exact) mass is 165 g/mol. The zero-order valence-corrected chi connectivity index (χ0v) is 8.57. The molecule has 0 saturated carbocycles. The molecule has 0 unspecified atom stereocenters. The lowest BCUT2D eigenvalue weighted by Gasteiger charge is -2.28. The largest absolute Gasteiger partial charge is 0.402 e. The van der Waals surface area contributed by atoms with Gasteiger partial charge in [-0.05, 0) is 36.8 Å². The predicted molar refractivity (Wildman–Crippen MR) is 53.7 cm³/mol. The van der Waals surface area contributed by atoms with Crippen LogP contribution in [0.3, 0.4) is 0 Å². The highest BCUT2D eigenvalue weighted by atomic mass is 14.6. The number of rotatable bonds is 0. The Morgan fingerprint density at radius 3 is 2.25 bits per heavy atom. The highest BCUT2D eigenvalue weighted by Gasteiger charge is 2.20. The van der Waals surface area contributed by atoms with Crippen molar-refractivity contribution in [3.05, 3.63) is 22.9 Å². The van der Waals surface area contributed by atoms with Crippen molar-refractivity contribution in [2.24, 2.45) is 11.1 Å². The van der Waals surface area contributed by atoms with E-state index in [1.807, 2.05) is 0 Å². The second kappa shape index (κ2) is 2.96. The van der Waals surface area contributed by atoms with Gasteiger partial charge in [-0.25, -0.2) is 0 Å². The van der Waals surface area contributed by atoms with E-state index in [0.29, 0.717) is 5.41 Å². The van der Waals surface area contributed by atoms with Gasteiger partial charge in [-0.3, -0.25) is 0 Å². The van der Waals surface area contributed by atoms with Gasteiger partial charge in [-0.2, -0.15) is 0 Å². The van der Waals surface area contributed by atoms with E-state index in [9.17, 15) is 0 Å². The van der Waals surface area contributed by atoms with Crippen molar-refractivity contribution < 1.29 is 0 Å². The molecule has 0 amide bonds. The minimum Gasteiger partial charge on any atom is -0.402 e. The first-order valence-electron chi connectivity index (χ1n) is 4.57. The van der Waals surface area contributed by atoms with Crippen LogP contribution in [0, 0.1) is 5.41 Å². The molecule has 0 aromatic rings. The average Bonchev–Trinajstić information content (AvgIpc) is 1.83. The van der Waals surface area contributed by atoms with Crippen molar-refractivity contribution in [1.82, 2.24) is 0 Å². The van der Waals surface area contributed by atoms with Crippen molar-refractivity contribution >= 4 is 0 Å². The van der Waals surface area contributed by atoms with Gasteiger partial charge in [-0.15, -0.1) is 0 Å². The van der Waals surface area contributed by atoms with Crippen LogP contribution in [0.1, 0.15) is 40.5 Å². The maximum absolute atomic E-state index is 5.76. The van der Waals surface area contributed by atoms with Crippen molar-refractivity contribution in [3.63, 3.8) is 0 Å². The first-order chi connectivity index (χ1) is 5.41. The first kappa shape index (κ1) is 9.37. The molecule has 0 radical (unpaired) electrons. The molecular formula is C11H19N. The van der Waals surface area contributed by atoms with Crippen LogP contribution in [0.4, 0.5) is 0 Å². The zero-order valence-electron chi connectivity index (χ0n) is 8.57. The molecule has 2 N–H and O–H groups in total. The fraction of sp³-hybridized carbons (Fsp3) is 0.636. The summed E-state index contributed by atoms with van der Waals surface area (Å²) in [6, 6.07) is 0. The normalized spacial score (nSPS) is 19.5. The lowest BCUT2D eigenvalue weighted by Crippen LogP contribution is -2.15. The van der Waals surface area contributed by atoms with E-state index < -0.39 is 0 Å². The van der Waals surface area contributed by atoms with E-state index in [0.717, 1.165) is 18.5 Å². The Balaban J connectivity index is 2.98. The Morgan fingerprint density at radius 2 is 1.83 bits per heavy atom. The summed E-state index contributed by atoms with van der Waals surface area (Å²) < 4.78 is 0. The van der Waals surface area contributed by atoms with Gasteiger partial charge in [0.15, 0.2) is 0 Å².